The first-order valence-corrected chi connectivity index (χ1v) is 7.79. The van der Waals surface area contributed by atoms with Gasteiger partial charge in [-0.15, -0.1) is 0 Å². The van der Waals surface area contributed by atoms with Crippen LogP contribution >= 0.6 is 0 Å². The quantitative estimate of drug-likeness (QED) is 0.609. The van der Waals surface area contributed by atoms with Gasteiger partial charge in [-0.05, 0) is 30.1 Å². The summed E-state index contributed by atoms with van der Waals surface area (Å²) < 4.78 is 0. The van der Waals surface area contributed by atoms with Gasteiger partial charge < -0.3 is 16.2 Å². The average molecular weight is 300 g/mol. The van der Waals surface area contributed by atoms with E-state index in [2.05, 4.69) is 26.1 Å². The van der Waals surface area contributed by atoms with E-state index in [4.69, 9.17) is 10.8 Å². The van der Waals surface area contributed by atoms with Gasteiger partial charge in [0.1, 0.15) is 0 Å². The highest BCUT2D eigenvalue weighted by Gasteiger charge is 2.26. The Bertz CT molecular complexity index is 335. The Labute approximate surface area is 128 Å². The monoisotopic (exact) mass is 300 g/mol. The summed E-state index contributed by atoms with van der Waals surface area (Å²) in [6.45, 7) is 11.2. The molecule has 5 heteroatoms. The van der Waals surface area contributed by atoms with Crippen LogP contribution < -0.4 is 11.1 Å². The standard InChI is InChI=1S/C16H32N2O3/c1-11(2)13(10-17)15(21)18-9-8-12(16(3,4)5)6-7-14(19)20/h11-13H,6-10,17H2,1-5H3,(H,18,21)(H,19,20). The van der Waals surface area contributed by atoms with Crippen molar-refractivity contribution in [3.63, 3.8) is 0 Å². The van der Waals surface area contributed by atoms with Gasteiger partial charge in [0.25, 0.3) is 0 Å². The maximum atomic E-state index is 12.0. The van der Waals surface area contributed by atoms with Crippen LogP contribution in [0.3, 0.4) is 0 Å². The lowest BCUT2D eigenvalue weighted by atomic mass is 9.76. The summed E-state index contributed by atoms with van der Waals surface area (Å²) in [5, 5.41) is 11.8. The number of amides is 1. The van der Waals surface area contributed by atoms with Gasteiger partial charge in [-0.2, -0.15) is 0 Å². The molecular formula is C16H32N2O3. The fraction of sp³-hybridized carbons (Fsp3) is 0.875. The highest BCUT2D eigenvalue weighted by atomic mass is 16.4. The summed E-state index contributed by atoms with van der Waals surface area (Å²) in [7, 11) is 0. The fourth-order valence-electron chi connectivity index (χ4n) is 2.49. The van der Waals surface area contributed by atoms with E-state index in [9.17, 15) is 9.59 Å². The predicted molar refractivity (Wildman–Crippen MR) is 84.8 cm³/mol. The van der Waals surface area contributed by atoms with Gasteiger partial charge in [0.15, 0.2) is 0 Å². The number of aliphatic carboxylic acids is 1. The van der Waals surface area contributed by atoms with Gasteiger partial charge in [0.05, 0.1) is 5.92 Å². The number of carboxylic acid groups (broad SMARTS) is 1. The van der Waals surface area contributed by atoms with Gasteiger partial charge in [-0.25, -0.2) is 0 Å². The first-order chi connectivity index (χ1) is 9.59. The van der Waals surface area contributed by atoms with Crippen molar-refractivity contribution in [1.29, 1.82) is 0 Å². The van der Waals surface area contributed by atoms with Crippen molar-refractivity contribution in [2.45, 2.75) is 53.9 Å². The largest absolute Gasteiger partial charge is 0.481 e. The number of nitrogens with two attached hydrogens (primary N) is 1. The van der Waals surface area contributed by atoms with Crippen molar-refractivity contribution in [3.05, 3.63) is 0 Å². The molecule has 0 radical (unpaired) electrons. The molecule has 0 rings (SSSR count). The van der Waals surface area contributed by atoms with Crippen molar-refractivity contribution >= 4 is 11.9 Å². The number of carbonyl (C=O) groups excluding carboxylic acids is 1. The molecule has 0 aliphatic heterocycles. The van der Waals surface area contributed by atoms with E-state index in [0.717, 1.165) is 6.42 Å². The first kappa shape index (κ1) is 19.9. The fourth-order valence-corrected chi connectivity index (χ4v) is 2.49. The topological polar surface area (TPSA) is 92.4 Å². The highest BCUT2D eigenvalue weighted by Crippen LogP contribution is 2.32. The zero-order chi connectivity index (χ0) is 16.6. The first-order valence-electron chi connectivity index (χ1n) is 7.79. The molecule has 124 valence electrons. The molecule has 0 fully saturated rings. The molecule has 0 spiro atoms. The van der Waals surface area contributed by atoms with Gasteiger partial charge in [-0.3, -0.25) is 9.59 Å². The third-order valence-electron chi connectivity index (χ3n) is 4.12. The molecule has 0 bridgehead atoms. The Hall–Kier alpha value is -1.10. The second kappa shape index (κ2) is 9.03. The summed E-state index contributed by atoms with van der Waals surface area (Å²) in [5.74, 6) is -0.434. The molecular weight excluding hydrogens is 268 g/mol. The van der Waals surface area contributed by atoms with E-state index in [1.165, 1.54) is 0 Å². The molecule has 4 N–H and O–H groups in total. The number of hydrogen-bond acceptors (Lipinski definition) is 3. The van der Waals surface area contributed by atoms with E-state index >= 15 is 0 Å². The molecule has 0 saturated carbocycles. The minimum absolute atomic E-state index is 0.00149. The number of rotatable bonds is 9. The summed E-state index contributed by atoms with van der Waals surface area (Å²) in [6, 6.07) is 0. The Kier molecular flexibility index (Phi) is 8.55. The van der Waals surface area contributed by atoms with Crippen LogP contribution in [0.4, 0.5) is 0 Å². The van der Waals surface area contributed by atoms with Crippen LogP contribution in [-0.2, 0) is 9.59 Å². The van der Waals surface area contributed by atoms with Gasteiger partial charge >= 0.3 is 5.97 Å². The SMILES string of the molecule is CC(C)C(CN)C(=O)NCCC(CCC(=O)O)C(C)(C)C. The highest BCUT2D eigenvalue weighted by molar-refractivity contribution is 5.79. The van der Waals surface area contributed by atoms with Crippen LogP contribution in [-0.4, -0.2) is 30.1 Å². The number of hydrogen-bond donors (Lipinski definition) is 3. The van der Waals surface area contributed by atoms with Crippen LogP contribution in [0.5, 0.6) is 0 Å². The molecule has 1 amide bonds. The molecule has 0 aromatic heterocycles. The lowest BCUT2D eigenvalue weighted by molar-refractivity contribution is -0.137. The third kappa shape index (κ3) is 8.05. The summed E-state index contributed by atoms with van der Waals surface area (Å²) in [4.78, 5) is 22.8. The van der Waals surface area contributed by atoms with Crippen LogP contribution in [0.25, 0.3) is 0 Å². The molecule has 2 unspecified atom stereocenters. The van der Waals surface area contributed by atoms with Crippen LogP contribution in [0.1, 0.15) is 53.9 Å². The van der Waals surface area contributed by atoms with E-state index in [-0.39, 0.29) is 35.5 Å². The van der Waals surface area contributed by atoms with E-state index in [1.807, 2.05) is 13.8 Å². The molecule has 0 aromatic rings. The van der Waals surface area contributed by atoms with E-state index in [1.54, 1.807) is 0 Å². The minimum Gasteiger partial charge on any atom is -0.481 e. The predicted octanol–water partition coefficient (Wildman–Crippen LogP) is 2.25. The zero-order valence-corrected chi connectivity index (χ0v) is 14.1. The second-order valence-corrected chi connectivity index (χ2v) is 7.16. The van der Waals surface area contributed by atoms with Crippen LogP contribution in [0, 0.1) is 23.2 Å². The van der Waals surface area contributed by atoms with Crippen molar-refractivity contribution in [3.8, 4) is 0 Å². The number of nitrogens with one attached hydrogen (secondary N) is 1. The Balaban J connectivity index is 4.36. The van der Waals surface area contributed by atoms with Crippen molar-refractivity contribution < 1.29 is 14.7 Å². The normalized spacial score (nSPS) is 14.8. The second-order valence-electron chi connectivity index (χ2n) is 7.16. The molecule has 0 aliphatic carbocycles. The summed E-state index contributed by atoms with van der Waals surface area (Å²) in [6.07, 6.45) is 1.60. The summed E-state index contributed by atoms with van der Waals surface area (Å²) in [5.41, 5.74) is 5.66. The molecule has 0 heterocycles. The Morgan fingerprint density at radius 1 is 1.19 bits per heavy atom. The average Bonchev–Trinajstić information content (AvgIpc) is 2.31. The van der Waals surface area contributed by atoms with Gasteiger partial charge in [0.2, 0.25) is 5.91 Å². The Morgan fingerprint density at radius 3 is 2.14 bits per heavy atom. The third-order valence-corrected chi connectivity index (χ3v) is 4.12. The minimum atomic E-state index is -0.767. The van der Waals surface area contributed by atoms with Gasteiger partial charge in [-0.1, -0.05) is 34.6 Å². The smallest absolute Gasteiger partial charge is 0.303 e. The Morgan fingerprint density at radius 2 is 1.76 bits per heavy atom. The van der Waals surface area contributed by atoms with Gasteiger partial charge in [0, 0.05) is 19.5 Å². The molecule has 5 nitrogen and oxygen atoms in total. The molecule has 0 aliphatic rings. The maximum Gasteiger partial charge on any atom is 0.303 e. The summed E-state index contributed by atoms with van der Waals surface area (Å²) >= 11 is 0. The van der Waals surface area contributed by atoms with Crippen molar-refractivity contribution in [1.82, 2.24) is 5.32 Å². The molecule has 2 atom stereocenters. The molecule has 0 saturated heterocycles. The van der Waals surface area contributed by atoms with E-state index < -0.39 is 5.97 Å². The zero-order valence-electron chi connectivity index (χ0n) is 14.1. The van der Waals surface area contributed by atoms with Crippen LogP contribution in [0.2, 0.25) is 0 Å². The van der Waals surface area contributed by atoms with Crippen molar-refractivity contribution in [2.24, 2.45) is 28.9 Å². The van der Waals surface area contributed by atoms with E-state index in [0.29, 0.717) is 19.5 Å². The maximum absolute atomic E-state index is 12.0. The molecule has 21 heavy (non-hydrogen) atoms. The van der Waals surface area contributed by atoms with Crippen molar-refractivity contribution in [2.75, 3.05) is 13.1 Å². The number of carboxylic acids is 1. The molecule has 0 aromatic carbocycles. The lowest BCUT2D eigenvalue weighted by Gasteiger charge is -2.31. The van der Waals surface area contributed by atoms with Crippen LogP contribution in [0.15, 0.2) is 0 Å². The lowest BCUT2D eigenvalue weighted by Crippen LogP contribution is -2.39. The number of carbonyl (C=O) groups is 2.